The van der Waals surface area contributed by atoms with Crippen LogP contribution in [-0.4, -0.2) is 21.1 Å². The van der Waals surface area contributed by atoms with Crippen LogP contribution in [-0.2, 0) is 4.79 Å². The van der Waals surface area contributed by atoms with E-state index in [-0.39, 0.29) is 17.5 Å². The Kier molecular flexibility index (Phi) is 4.18. The van der Waals surface area contributed by atoms with Crippen LogP contribution in [0.2, 0.25) is 0 Å². The van der Waals surface area contributed by atoms with Crippen molar-refractivity contribution in [2.24, 2.45) is 0 Å². The van der Waals surface area contributed by atoms with Crippen LogP contribution in [0.4, 0.5) is 0 Å². The Balaban J connectivity index is 1.98. The molecule has 1 N–H and O–H groups in total. The van der Waals surface area contributed by atoms with Gasteiger partial charge in [0.1, 0.15) is 6.04 Å². The minimum Gasteiger partial charge on any atom is -0.352 e. The number of benzene rings is 2. The number of carbonyl (C=O) groups excluding carboxylic acids is 1. The normalized spacial score (nSPS) is 14.9. The molecule has 2 aromatic carbocycles. The number of hydrogen-bond donors (Lipinski definition) is 1. The lowest BCUT2D eigenvalue weighted by molar-refractivity contribution is -0.124. The fourth-order valence-corrected chi connectivity index (χ4v) is 3.32. The Bertz CT molecular complexity index is 1160. The number of nitrogens with zero attached hydrogens (tertiary/aromatic N) is 2. The predicted octanol–water partition coefficient (Wildman–Crippen LogP) is 2.30. The van der Waals surface area contributed by atoms with Gasteiger partial charge < -0.3 is 5.32 Å². The van der Waals surface area contributed by atoms with Gasteiger partial charge >= 0.3 is 5.69 Å². The maximum atomic E-state index is 13.3. The lowest BCUT2D eigenvalue weighted by Crippen LogP contribution is -2.44. The third-order valence-corrected chi connectivity index (χ3v) is 4.94. The van der Waals surface area contributed by atoms with E-state index in [1.54, 1.807) is 49.4 Å². The molecule has 6 nitrogen and oxygen atoms in total. The van der Waals surface area contributed by atoms with Crippen molar-refractivity contribution in [1.82, 2.24) is 14.5 Å². The molecule has 1 saturated carbocycles. The number of rotatable bonds is 4. The van der Waals surface area contributed by atoms with Gasteiger partial charge in [-0.05, 0) is 56.5 Å². The highest BCUT2D eigenvalue weighted by molar-refractivity contribution is 5.84. The Hall–Kier alpha value is -3.15. The first-order valence-corrected chi connectivity index (χ1v) is 9.11. The second-order valence-corrected chi connectivity index (χ2v) is 7.11. The van der Waals surface area contributed by atoms with Crippen LogP contribution in [0.15, 0.2) is 58.1 Å². The molecule has 0 spiro atoms. The van der Waals surface area contributed by atoms with Crippen LogP contribution >= 0.6 is 0 Å². The van der Waals surface area contributed by atoms with Gasteiger partial charge in [-0.15, -0.1) is 0 Å². The van der Waals surface area contributed by atoms with E-state index in [1.807, 2.05) is 13.0 Å². The Labute approximate surface area is 156 Å². The second-order valence-electron chi connectivity index (χ2n) is 7.11. The fourth-order valence-electron chi connectivity index (χ4n) is 3.32. The van der Waals surface area contributed by atoms with E-state index in [9.17, 15) is 14.4 Å². The van der Waals surface area contributed by atoms with Gasteiger partial charge in [-0.2, -0.15) is 0 Å². The van der Waals surface area contributed by atoms with Gasteiger partial charge in [0.2, 0.25) is 5.91 Å². The fraction of sp³-hybridized carbons (Fsp3) is 0.286. The lowest BCUT2D eigenvalue weighted by atomic mass is 10.2. The molecule has 1 aliphatic carbocycles. The van der Waals surface area contributed by atoms with E-state index in [1.165, 1.54) is 4.57 Å². The van der Waals surface area contributed by atoms with Gasteiger partial charge in [0, 0.05) is 6.04 Å². The molecular formula is C21H21N3O3. The summed E-state index contributed by atoms with van der Waals surface area (Å²) in [6.07, 6.45) is 1.94. The van der Waals surface area contributed by atoms with Crippen molar-refractivity contribution in [3.63, 3.8) is 0 Å². The summed E-state index contributed by atoms with van der Waals surface area (Å²) in [5, 5.41) is 3.35. The molecule has 4 rings (SSSR count). The van der Waals surface area contributed by atoms with Gasteiger partial charge in [-0.25, -0.2) is 9.36 Å². The molecule has 0 radical (unpaired) electrons. The zero-order valence-corrected chi connectivity index (χ0v) is 15.3. The largest absolute Gasteiger partial charge is 0.352 e. The average molecular weight is 363 g/mol. The van der Waals surface area contributed by atoms with Crippen molar-refractivity contribution < 1.29 is 4.79 Å². The van der Waals surface area contributed by atoms with Crippen LogP contribution in [0.1, 0.15) is 31.4 Å². The molecule has 1 fully saturated rings. The highest BCUT2D eigenvalue weighted by Gasteiger charge is 2.28. The van der Waals surface area contributed by atoms with Crippen LogP contribution in [0.5, 0.6) is 0 Å². The summed E-state index contributed by atoms with van der Waals surface area (Å²) < 4.78 is 2.56. The van der Waals surface area contributed by atoms with Gasteiger partial charge in [-0.1, -0.05) is 24.3 Å². The first-order valence-electron chi connectivity index (χ1n) is 9.11. The van der Waals surface area contributed by atoms with Crippen molar-refractivity contribution in [2.45, 2.75) is 38.8 Å². The van der Waals surface area contributed by atoms with Gasteiger partial charge in [-0.3, -0.25) is 14.2 Å². The highest BCUT2D eigenvalue weighted by atomic mass is 16.2. The monoisotopic (exact) mass is 363 g/mol. The molecule has 0 aliphatic heterocycles. The summed E-state index contributed by atoms with van der Waals surface area (Å²) in [4.78, 5) is 39.0. The molecule has 27 heavy (non-hydrogen) atoms. The summed E-state index contributed by atoms with van der Waals surface area (Å²) in [5.41, 5.74) is 1.02. The van der Waals surface area contributed by atoms with Crippen LogP contribution in [0.25, 0.3) is 16.6 Å². The lowest BCUT2D eigenvalue weighted by Gasteiger charge is -2.19. The van der Waals surface area contributed by atoms with Gasteiger partial charge in [0.25, 0.3) is 5.56 Å². The maximum absolute atomic E-state index is 13.3. The SMILES string of the molecule is Cc1cccc(-n2c(=O)c3ccccc3n(C(C)C(=O)NC3CC3)c2=O)c1. The molecule has 1 aliphatic rings. The number of aromatic nitrogens is 2. The van der Waals surface area contributed by atoms with Crippen LogP contribution in [0, 0.1) is 6.92 Å². The minimum absolute atomic E-state index is 0.199. The molecule has 6 heteroatoms. The molecular weight excluding hydrogens is 342 g/mol. The molecule has 1 atom stereocenters. The number of nitrogens with one attached hydrogen (secondary N) is 1. The summed E-state index contributed by atoms with van der Waals surface area (Å²) in [6.45, 7) is 3.59. The topological polar surface area (TPSA) is 73.1 Å². The number of fused-ring (bicyclic) bond motifs is 1. The second kappa shape index (κ2) is 6.54. The van der Waals surface area contributed by atoms with E-state index in [0.29, 0.717) is 16.6 Å². The Morgan fingerprint density at radius 2 is 1.85 bits per heavy atom. The van der Waals surface area contributed by atoms with Crippen LogP contribution < -0.4 is 16.6 Å². The van der Waals surface area contributed by atoms with Crippen molar-refractivity contribution in [1.29, 1.82) is 0 Å². The summed E-state index contributed by atoms with van der Waals surface area (Å²) in [7, 11) is 0. The number of aryl methyl sites for hydroxylation is 1. The highest BCUT2D eigenvalue weighted by Crippen LogP contribution is 2.21. The molecule has 0 saturated heterocycles. The Morgan fingerprint density at radius 1 is 1.11 bits per heavy atom. The van der Waals surface area contributed by atoms with E-state index >= 15 is 0 Å². The minimum atomic E-state index is -0.723. The van der Waals surface area contributed by atoms with Gasteiger partial charge in [0.15, 0.2) is 0 Å². The number of para-hydroxylation sites is 1. The first-order chi connectivity index (χ1) is 13.0. The number of carbonyl (C=O) groups is 1. The predicted molar refractivity (Wildman–Crippen MR) is 104 cm³/mol. The first kappa shape index (κ1) is 17.3. The third-order valence-electron chi connectivity index (χ3n) is 4.94. The third kappa shape index (κ3) is 3.07. The molecule has 3 aromatic rings. The van der Waals surface area contributed by atoms with E-state index < -0.39 is 11.7 Å². The summed E-state index contributed by atoms with van der Waals surface area (Å²) in [5.74, 6) is -0.209. The van der Waals surface area contributed by atoms with Crippen LogP contribution in [0.3, 0.4) is 0 Å². The smallest absolute Gasteiger partial charge is 0.336 e. The van der Waals surface area contributed by atoms with Crippen molar-refractivity contribution in [3.05, 3.63) is 74.9 Å². The molecule has 0 bridgehead atoms. The van der Waals surface area contributed by atoms with Crippen molar-refractivity contribution in [2.75, 3.05) is 0 Å². The van der Waals surface area contributed by atoms with E-state index in [0.717, 1.165) is 23.0 Å². The maximum Gasteiger partial charge on any atom is 0.336 e. The zero-order valence-electron chi connectivity index (χ0n) is 15.3. The number of hydrogen-bond acceptors (Lipinski definition) is 3. The van der Waals surface area contributed by atoms with Crippen molar-refractivity contribution >= 4 is 16.8 Å². The molecule has 1 heterocycles. The summed E-state index contributed by atoms with van der Waals surface area (Å²) >= 11 is 0. The molecule has 1 aromatic heterocycles. The quantitative estimate of drug-likeness (QED) is 0.773. The Morgan fingerprint density at radius 3 is 2.56 bits per heavy atom. The van der Waals surface area contributed by atoms with Crippen molar-refractivity contribution in [3.8, 4) is 5.69 Å². The molecule has 1 amide bonds. The number of amides is 1. The zero-order chi connectivity index (χ0) is 19.1. The molecule has 138 valence electrons. The van der Waals surface area contributed by atoms with E-state index in [2.05, 4.69) is 5.32 Å². The average Bonchev–Trinajstić information content (AvgIpc) is 3.46. The standard InChI is InChI=1S/C21H21N3O3/c1-13-6-5-7-16(12-13)24-20(26)17-8-3-4-9-18(17)23(21(24)27)14(2)19(25)22-15-10-11-15/h3-9,12,14-15H,10-11H2,1-2H3,(H,22,25). The molecule has 1 unspecified atom stereocenters. The van der Waals surface area contributed by atoms with Gasteiger partial charge in [0.05, 0.1) is 16.6 Å². The van der Waals surface area contributed by atoms with E-state index in [4.69, 9.17) is 0 Å². The summed E-state index contributed by atoms with van der Waals surface area (Å²) in [6, 6.07) is 13.6.